The van der Waals surface area contributed by atoms with Crippen molar-refractivity contribution in [1.82, 2.24) is 14.6 Å². The molecule has 5 nitrogen and oxygen atoms in total. The fourth-order valence-corrected chi connectivity index (χ4v) is 2.26. The molecule has 2 aromatic rings. The first kappa shape index (κ1) is 12.4. The molecule has 0 aromatic carbocycles. The van der Waals surface area contributed by atoms with Crippen LogP contribution in [0.5, 0.6) is 0 Å². The number of pyridine rings is 1. The number of rotatable bonds is 1. The summed E-state index contributed by atoms with van der Waals surface area (Å²) in [6.45, 7) is 0. The number of aromatic nitrogens is 3. The van der Waals surface area contributed by atoms with Gasteiger partial charge in [-0.25, -0.2) is 9.50 Å². The van der Waals surface area contributed by atoms with E-state index >= 15 is 0 Å². The largest absolute Gasteiger partial charge is 0.399 e. The SMILES string of the molecule is C#CC1=CCCCC1=NOC.c1cn2ncc3c2nc1-3. The first-order valence-corrected chi connectivity index (χ1v) is 6.45. The van der Waals surface area contributed by atoms with E-state index in [2.05, 4.69) is 26.0 Å². The first-order valence-electron chi connectivity index (χ1n) is 6.45. The second-order valence-corrected chi connectivity index (χ2v) is 4.51. The molecule has 0 atom stereocenters. The van der Waals surface area contributed by atoms with E-state index in [1.54, 1.807) is 4.52 Å². The molecular weight excluding hydrogens is 252 g/mol. The van der Waals surface area contributed by atoms with E-state index in [-0.39, 0.29) is 0 Å². The minimum absolute atomic E-state index is 0.887. The molecular formula is C15H14N4O. The zero-order valence-electron chi connectivity index (χ0n) is 11.2. The van der Waals surface area contributed by atoms with Crippen LogP contribution in [0.3, 0.4) is 0 Å². The van der Waals surface area contributed by atoms with Gasteiger partial charge in [-0.1, -0.05) is 17.2 Å². The number of fused-ring (bicyclic) bond motifs is 1. The summed E-state index contributed by atoms with van der Waals surface area (Å²) >= 11 is 0. The number of nitrogens with zero attached hydrogens (tertiary/aromatic N) is 4. The molecule has 0 saturated heterocycles. The van der Waals surface area contributed by atoms with E-state index in [1.807, 2.05) is 24.5 Å². The second kappa shape index (κ2) is 5.17. The monoisotopic (exact) mass is 266 g/mol. The van der Waals surface area contributed by atoms with Gasteiger partial charge in [0.15, 0.2) is 5.65 Å². The summed E-state index contributed by atoms with van der Waals surface area (Å²) in [7, 11) is 1.54. The minimum atomic E-state index is 0.887. The lowest BCUT2D eigenvalue weighted by molar-refractivity contribution is 0.212. The van der Waals surface area contributed by atoms with Gasteiger partial charge in [0.2, 0.25) is 0 Å². The first-order chi connectivity index (χ1) is 9.83. The van der Waals surface area contributed by atoms with E-state index in [9.17, 15) is 0 Å². The minimum Gasteiger partial charge on any atom is -0.399 e. The number of oxime groups is 1. The van der Waals surface area contributed by atoms with Gasteiger partial charge in [0.1, 0.15) is 7.11 Å². The zero-order chi connectivity index (χ0) is 13.9. The molecule has 100 valence electrons. The molecule has 0 spiro atoms. The van der Waals surface area contributed by atoms with Gasteiger partial charge in [-0.2, -0.15) is 5.10 Å². The van der Waals surface area contributed by atoms with Crippen LogP contribution in [0.25, 0.3) is 16.9 Å². The Kier molecular flexibility index (Phi) is 3.21. The van der Waals surface area contributed by atoms with Gasteiger partial charge in [0, 0.05) is 11.8 Å². The highest BCUT2D eigenvalue weighted by Crippen LogP contribution is 2.29. The normalized spacial score (nSPS) is 17.0. The molecule has 0 radical (unpaired) electrons. The lowest BCUT2D eigenvalue weighted by atomic mass is 9.98. The predicted octanol–water partition coefficient (Wildman–Crippen LogP) is 2.44. The van der Waals surface area contributed by atoms with E-state index in [1.165, 1.54) is 12.7 Å². The van der Waals surface area contributed by atoms with Crippen molar-refractivity contribution in [2.24, 2.45) is 5.16 Å². The fraction of sp³-hybridized carbons (Fsp3) is 0.267. The van der Waals surface area contributed by atoms with Gasteiger partial charge in [0.05, 0.1) is 23.2 Å². The van der Waals surface area contributed by atoms with Gasteiger partial charge in [-0.05, 0) is 25.3 Å². The molecule has 4 bridgehead atoms. The van der Waals surface area contributed by atoms with E-state index in [4.69, 9.17) is 6.42 Å². The van der Waals surface area contributed by atoms with Crippen LogP contribution in [0.1, 0.15) is 19.3 Å². The highest BCUT2D eigenvalue weighted by Gasteiger charge is 2.17. The molecule has 2 aliphatic heterocycles. The van der Waals surface area contributed by atoms with Crippen molar-refractivity contribution in [2.45, 2.75) is 19.3 Å². The van der Waals surface area contributed by atoms with Gasteiger partial charge in [-0.3, -0.25) is 0 Å². The predicted molar refractivity (Wildman–Crippen MR) is 77.2 cm³/mol. The number of hydrogen-bond donors (Lipinski definition) is 0. The van der Waals surface area contributed by atoms with Crippen molar-refractivity contribution in [3.63, 3.8) is 0 Å². The Morgan fingerprint density at radius 1 is 1.50 bits per heavy atom. The van der Waals surface area contributed by atoms with Crippen molar-refractivity contribution in [2.75, 3.05) is 7.11 Å². The average molecular weight is 266 g/mol. The summed E-state index contributed by atoms with van der Waals surface area (Å²) in [6.07, 6.45) is 14.2. The molecule has 0 unspecified atom stereocenters. The summed E-state index contributed by atoms with van der Waals surface area (Å²) in [5.41, 5.74) is 5.06. The highest BCUT2D eigenvalue weighted by molar-refractivity contribution is 6.04. The van der Waals surface area contributed by atoms with Gasteiger partial charge >= 0.3 is 0 Å². The molecule has 2 aromatic heterocycles. The Labute approximate surface area is 117 Å². The second-order valence-electron chi connectivity index (χ2n) is 4.51. The van der Waals surface area contributed by atoms with Gasteiger partial charge < -0.3 is 4.84 Å². The summed E-state index contributed by atoms with van der Waals surface area (Å²) in [6, 6.07) is 1.97. The molecule has 0 amide bonds. The van der Waals surface area contributed by atoms with E-state index in [0.29, 0.717) is 0 Å². The standard InChI is InChI=1S/C9H11NO.C6H3N3/c1-3-8-6-4-5-7-9(8)10-11-2;1-2-9-6-4(3-7-9)5(1)8-6/h1,6H,4-5,7H2,2H3;1-3H. The summed E-state index contributed by atoms with van der Waals surface area (Å²) in [5.74, 6) is 2.59. The summed E-state index contributed by atoms with van der Waals surface area (Å²) in [4.78, 5) is 8.83. The van der Waals surface area contributed by atoms with Crippen molar-refractivity contribution in [3.05, 3.63) is 30.1 Å². The lowest BCUT2D eigenvalue weighted by Crippen LogP contribution is -2.06. The van der Waals surface area contributed by atoms with Crippen molar-refractivity contribution < 1.29 is 4.84 Å². The van der Waals surface area contributed by atoms with Crippen molar-refractivity contribution in [1.29, 1.82) is 0 Å². The van der Waals surface area contributed by atoms with Crippen LogP contribution < -0.4 is 0 Å². The number of allylic oxidation sites excluding steroid dienone is 2. The van der Waals surface area contributed by atoms with Crippen LogP contribution in [0.4, 0.5) is 0 Å². The molecule has 0 saturated carbocycles. The fourth-order valence-electron chi connectivity index (χ4n) is 2.26. The Morgan fingerprint density at radius 3 is 3.05 bits per heavy atom. The molecule has 4 heterocycles. The molecule has 0 N–H and O–H groups in total. The van der Waals surface area contributed by atoms with Crippen LogP contribution in [0.15, 0.2) is 35.3 Å². The van der Waals surface area contributed by atoms with Gasteiger partial charge in [0.25, 0.3) is 0 Å². The molecule has 0 fully saturated rings. The van der Waals surface area contributed by atoms with Crippen molar-refractivity contribution >= 4 is 11.4 Å². The molecule has 5 heteroatoms. The van der Waals surface area contributed by atoms with Gasteiger partial charge in [-0.15, -0.1) is 6.42 Å². The Morgan fingerprint density at radius 2 is 2.40 bits per heavy atom. The Bertz CT molecular complexity index is 744. The van der Waals surface area contributed by atoms with E-state index < -0.39 is 0 Å². The summed E-state index contributed by atoms with van der Waals surface area (Å²) in [5, 5.41) is 7.90. The quantitative estimate of drug-likeness (QED) is 0.502. The molecule has 5 rings (SSSR count). The van der Waals surface area contributed by atoms with Crippen LogP contribution >= 0.6 is 0 Å². The highest BCUT2D eigenvalue weighted by atomic mass is 16.6. The maximum absolute atomic E-state index is 5.27. The third-order valence-corrected chi connectivity index (χ3v) is 3.28. The zero-order valence-corrected chi connectivity index (χ0v) is 11.2. The van der Waals surface area contributed by atoms with Crippen LogP contribution in [-0.2, 0) is 4.84 Å². The molecule has 20 heavy (non-hydrogen) atoms. The van der Waals surface area contributed by atoms with E-state index in [0.717, 1.165) is 41.9 Å². The number of hydrogen-bond acceptors (Lipinski definition) is 4. The number of terminal acetylenes is 1. The third kappa shape index (κ3) is 2.05. The van der Waals surface area contributed by atoms with Crippen molar-refractivity contribution in [3.8, 4) is 23.6 Å². The topological polar surface area (TPSA) is 51.8 Å². The maximum Gasteiger partial charge on any atom is 0.164 e. The molecule has 3 aliphatic rings. The third-order valence-electron chi connectivity index (χ3n) is 3.28. The maximum atomic E-state index is 5.27. The summed E-state index contributed by atoms with van der Waals surface area (Å²) < 4.78 is 1.78. The average Bonchev–Trinajstić information content (AvgIpc) is 2.70. The van der Waals surface area contributed by atoms with Crippen LogP contribution in [0, 0.1) is 12.3 Å². The Balaban J connectivity index is 0.000000122. The Hall–Kier alpha value is -2.61. The lowest BCUT2D eigenvalue weighted by Gasteiger charge is -2.09. The van der Waals surface area contributed by atoms with Crippen LogP contribution in [-0.4, -0.2) is 27.4 Å². The van der Waals surface area contributed by atoms with Crippen LogP contribution in [0.2, 0.25) is 0 Å². The smallest absolute Gasteiger partial charge is 0.164 e. The molecule has 1 aliphatic carbocycles.